The number of carbonyl (C=O) groups excluding carboxylic acids is 3. The molecule has 3 heterocycles. The van der Waals surface area contributed by atoms with Crippen LogP contribution in [-0.2, 0) is 16.1 Å². The fraction of sp³-hybridized carbons (Fsp3) is 0.314. The maximum absolute atomic E-state index is 14.3. The van der Waals surface area contributed by atoms with E-state index < -0.39 is 12.1 Å². The molecule has 2 atom stereocenters. The van der Waals surface area contributed by atoms with Crippen molar-refractivity contribution in [2.45, 2.75) is 46.2 Å². The molecule has 0 spiro atoms. The number of hydrogen-bond acceptors (Lipinski definition) is 7. The molecule has 3 aromatic carbocycles. The van der Waals surface area contributed by atoms with Crippen molar-refractivity contribution < 1.29 is 19.1 Å². The van der Waals surface area contributed by atoms with E-state index in [1.54, 1.807) is 41.2 Å². The lowest BCUT2D eigenvalue weighted by atomic mass is 9.92. The quantitative estimate of drug-likeness (QED) is 0.250. The van der Waals surface area contributed by atoms with Gasteiger partial charge in [0.1, 0.15) is 11.9 Å². The van der Waals surface area contributed by atoms with Gasteiger partial charge in [0.15, 0.2) is 0 Å². The monoisotopic (exact) mass is 608 g/mol. The third-order valence-electron chi connectivity index (χ3n) is 8.39. The summed E-state index contributed by atoms with van der Waals surface area (Å²) in [5.41, 5.74) is 11.2. The Morgan fingerprint density at radius 2 is 1.87 bits per heavy atom. The average Bonchev–Trinajstić information content (AvgIpc) is 3.02. The second-order valence-electron chi connectivity index (χ2n) is 11.5. The van der Waals surface area contributed by atoms with Crippen molar-refractivity contribution in [1.29, 1.82) is 0 Å². The third-order valence-corrected chi connectivity index (χ3v) is 8.39. The molecule has 0 fully saturated rings. The van der Waals surface area contributed by atoms with E-state index in [1.807, 2.05) is 70.2 Å². The number of ether oxygens (including phenoxy) is 1. The summed E-state index contributed by atoms with van der Waals surface area (Å²) < 4.78 is 5.58. The molecule has 4 N–H and O–H groups in total. The van der Waals surface area contributed by atoms with E-state index >= 15 is 0 Å². The fourth-order valence-electron chi connectivity index (χ4n) is 5.87. The van der Waals surface area contributed by atoms with Crippen molar-refractivity contribution in [3.63, 3.8) is 0 Å². The molecule has 4 aromatic rings. The summed E-state index contributed by atoms with van der Waals surface area (Å²) in [6.45, 7) is 9.24. The molecular weight excluding hydrogens is 568 g/mol. The lowest BCUT2D eigenvalue weighted by Gasteiger charge is -2.28. The number of aryl methyl sites for hydroxylation is 1. The van der Waals surface area contributed by atoms with E-state index in [4.69, 9.17) is 10.5 Å². The lowest BCUT2D eigenvalue weighted by Crippen LogP contribution is -2.36. The number of nitrogens with two attached hydrogens (primary N) is 1. The number of nitrogen functional groups attached to an aromatic ring is 1. The number of benzene rings is 3. The van der Waals surface area contributed by atoms with Crippen molar-refractivity contribution in [3.05, 3.63) is 94.7 Å². The first-order valence-electron chi connectivity index (χ1n) is 15.2. The molecule has 6 rings (SSSR count). The Morgan fingerprint density at radius 3 is 2.60 bits per heavy atom. The number of aromatic nitrogens is 1. The molecule has 10 nitrogen and oxygen atoms in total. The second-order valence-corrected chi connectivity index (χ2v) is 11.5. The smallest absolute Gasteiger partial charge is 0.411 e. The number of likely N-dealkylation sites (N-methyl/N-ethyl adjacent to an activating group) is 1. The van der Waals surface area contributed by atoms with Crippen LogP contribution in [0.25, 0.3) is 10.8 Å². The van der Waals surface area contributed by atoms with E-state index in [1.165, 1.54) is 0 Å². The zero-order valence-corrected chi connectivity index (χ0v) is 26.4. The number of rotatable bonds is 5. The van der Waals surface area contributed by atoms with Crippen LogP contribution in [-0.4, -0.2) is 59.4 Å². The van der Waals surface area contributed by atoms with Crippen LogP contribution in [0.5, 0.6) is 0 Å². The van der Waals surface area contributed by atoms with Gasteiger partial charge in [0.05, 0.1) is 6.61 Å². The molecule has 45 heavy (non-hydrogen) atoms. The van der Waals surface area contributed by atoms with Gasteiger partial charge in [-0.25, -0.2) is 9.78 Å². The van der Waals surface area contributed by atoms with E-state index in [-0.39, 0.29) is 30.9 Å². The Kier molecular flexibility index (Phi) is 9.22. The summed E-state index contributed by atoms with van der Waals surface area (Å²) in [7, 11) is 1.72. The van der Waals surface area contributed by atoms with Gasteiger partial charge in [-0.3, -0.25) is 14.9 Å². The largest absolute Gasteiger partial charge is 0.449 e. The predicted octanol–water partition coefficient (Wildman–Crippen LogP) is 6.08. The van der Waals surface area contributed by atoms with E-state index in [0.29, 0.717) is 35.7 Å². The maximum atomic E-state index is 14.3. The first-order chi connectivity index (χ1) is 21.6. The van der Waals surface area contributed by atoms with Gasteiger partial charge in [-0.1, -0.05) is 25.1 Å². The molecule has 2 aliphatic rings. The van der Waals surface area contributed by atoms with Crippen molar-refractivity contribution in [2.24, 2.45) is 0 Å². The maximum Gasteiger partial charge on any atom is 0.411 e. The molecule has 4 bridgehead atoms. The van der Waals surface area contributed by atoms with Crippen LogP contribution >= 0.6 is 0 Å². The molecule has 0 saturated heterocycles. The Hall–Kier alpha value is -5.12. The van der Waals surface area contributed by atoms with Crippen LogP contribution < -0.4 is 16.4 Å². The minimum absolute atomic E-state index is 0.0772. The highest BCUT2D eigenvalue weighted by molar-refractivity contribution is 5.97. The molecule has 3 amide bonds. The molecule has 234 valence electrons. The van der Waals surface area contributed by atoms with E-state index in [0.717, 1.165) is 33.2 Å². The number of carbonyl (C=O) groups is 3. The molecule has 10 heteroatoms. The predicted molar refractivity (Wildman–Crippen MR) is 177 cm³/mol. The first-order valence-corrected chi connectivity index (χ1v) is 15.2. The Morgan fingerprint density at radius 1 is 1.09 bits per heavy atom. The highest BCUT2D eigenvalue weighted by Crippen LogP contribution is 2.30. The Bertz CT molecular complexity index is 1750. The molecular formula is C35H40N6O4. The van der Waals surface area contributed by atoms with Gasteiger partial charge in [0.25, 0.3) is 5.91 Å². The number of pyridine rings is 1. The second kappa shape index (κ2) is 13.3. The topological polar surface area (TPSA) is 130 Å². The molecule has 2 unspecified atom stereocenters. The van der Waals surface area contributed by atoms with Crippen molar-refractivity contribution in [1.82, 2.24) is 14.8 Å². The zero-order chi connectivity index (χ0) is 32.2. The van der Waals surface area contributed by atoms with Gasteiger partial charge in [0.2, 0.25) is 5.91 Å². The van der Waals surface area contributed by atoms with Gasteiger partial charge in [-0.05, 0) is 90.9 Å². The number of anilines is 3. The first kappa shape index (κ1) is 31.3. The molecule has 1 aromatic heterocycles. The number of nitrogens with one attached hydrogen (secondary N) is 2. The van der Waals surface area contributed by atoms with E-state index in [9.17, 15) is 14.4 Å². The fourth-order valence-corrected chi connectivity index (χ4v) is 5.87. The van der Waals surface area contributed by atoms with Crippen molar-refractivity contribution in [3.8, 4) is 0 Å². The van der Waals surface area contributed by atoms with Crippen molar-refractivity contribution >= 4 is 45.9 Å². The SMILES string of the molecule is CCN(CC)C(=O)c1ccc2cc1CN(C)C(=O)C(Nc1ccc3c(N)nccc3c1)c1ccc(c(C)c1)C(C)COC(=O)N2. The summed E-state index contributed by atoms with van der Waals surface area (Å²) >= 11 is 0. The molecule has 0 radical (unpaired) electrons. The third kappa shape index (κ3) is 6.69. The minimum atomic E-state index is -0.733. The van der Waals surface area contributed by atoms with E-state index in [2.05, 4.69) is 15.6 Å². The van der Waals surface area contributed by atoms with Crippen LogP contribution in [0.4, 0.5) is 22.0 Å². The summed E-state index contributed by atoms with van der Waals surface area (Å²) in [4.78, 5) is 48.1. The van der Waals surface area contributed by atoms with Gasteiger partial charge in [0, 0.05) is 61.1 Å². The zero-order valence-electron chi connectivity index (χ0n) is 26.4. The molecule has 0 aliphatic carbocycles. The average molecular weight is 609 g/mol. The normalized spacial score (nSPS) is 17.1. The standard InChI is InChI=1S/C35H40N6O4/c1-6-41(7-2)33(42)30-13-10-27-18-25(30)19-40(5)34(43)31(38-26-9-12-29-23(17-26)14-15-37-32(29)36)24-8-11-28(21(3)16-24)22(4)20-45-35(44)39-27/h8-18,22,31,38H,6-7,19-20H2,1-5H3,(H2,36,37)(H,39,44). The summed E-state index contributed by atoms with van der Waals surface area (Å²) in [5, 5.41) is 7.99. The Balaban J connectivity index is 1.58. The van der Waals surface area contributed by atoms with Crippen LogP contribution in [0.3, 0.4) is 0 Å². The number of amides is 3. The number of hydrogen-bond donors (Lipinski definition) is 3. The minimum Gasteiger partial charge on any atom is -0.449 e. The molecule has 2 aliphatic heterocycles. The number of nitrogens with zero attached hydrogens (tertiary/aromatic N) is 3. The summed E-state index contributed by atoms with van der Waals surface area (Å²) in [6.07, 6.45) is 1.08. The highest BCUT2D eigenvalue weighted by atomic mass is 16.5. The van der Waals surface area contributed by atoms with Gasteiger partial charge < -0.3 is 25.6 Å². The molecule has 0 saturated carbocycles. The highest BCUT2D eigenvalue weighted by Gasteiger charge is 2.27. The van der Waals surface area contributed by atoms with Crippen LogP contribution in [0.1, 0.15) is 65.3 Å². The van der Waals surface area contributed by atoms with Crippen LogP contribution in [0, 0.1) is 6.92 Å². The van der Waals surface area contributed by atoms with Crippen LogP contribution in [0.2, 0.25) is 0 Å². The van der Waals surface area contributed by atoms with Crippen molar-refractivity contribution in [2.75, 3.05) is 43.1 Å². The summed E-state index contributed by atoms with van der Waals surface area (Å²) in [6, 6.07) is 17.9. The van der Waals surface area contributed by atoms with Gasteiger partial charge in [-0.2, -0.15) is 0 Å². The Labute approximate surface area is 263 Å². The lowest BCUT2D eigenvalue weighted by molar-refractivity contribution is -0.131. The van der Waals surface area contributed by atoms with Gasteiger partial charge in [-0.15, -0.1) is 0 Å². The van der Waals surface area contributed by atoms with Gasteiger partial charge >= 0.3 is 6.09 Å². The summed E-state index contributed by atoms with van der Waals surface area (Å²) in [5.74, 6) is 0.0405. The van der Waals surface area contributed by atoms with Crippen LogP contribution in [0.15, 0.2) is 66.9 Å². The number of fused-ring (bicyclic) bond motifs is 10.